The molecule has 1 heterocycles. The summed E-state index contributed by atoms with van der Waals surface area (Å²) in [5.41, 5.74) is 2.47. The molecule has 1 N–H and O–H groups in total. The van der Waals surface area contributed by atoms with Crippen LogP contribution in [0, 0.1) is 0 Å². The normalized spacial score (nSPS) is 15.9. The SMILES string of the molecule is CCCNCc1cnn(CCS(C)(=O)=O)c1C1CC1. The highest BCUT2D eigenvalue weighted by Crippen LogP contribution is 2.41. The summed E-state index contributed by atoms with van der Waals surface area (Å²) in [6, 6.07) is 0. The fourth-order valence-electron chi connectivity index (χ4n) is 2.23. The third kappa shape index (κ3) is 4.31. The highest BCUT2D eigenvalue weighted by Gasteiger charge is 2.30. The van der Waals surface area contributed by atoms with Crippen LogP contribution in [0.5, 0.6) is 0 Å². The zero-order valence-corrected chi connectivity index (χ0v) is 12.5. The van der Waals surface area contributed by atoms with E-state index in [1.807, 2.05) is 10.9 Å². The van der Waals surface area contributed by atoms with Gasteiger partial charge in [-0.1, -0.05) is 6.92 Å². The Hall–Kier alpha value is -0.880. The van der Waals surface area contributed by atoms with Gasteiger partial charge >= 0.3 is 0 Å². The van der Waals surface area contributed by atoms with E-state index in [1.165, 1.54) is 30.4 Å². The number of aryl methyl sites for hydroxylation is 1. The van der Waals surface area contributed by atoms with Crippen molar-refractivity contribution in [1.82, 2.24) is 15.1 Å². The summed E-state index contributed by atoms with van der Waals surface area (Å²) >= 11 is 0. The molecule has 0 unspecified atom stereocenters. The Kier molecular flexibility index (Phi) is 4.62. The average Bonchev–Trinajstić information content (AvgIpc) is 3.08. The van der Waals surface area contributed by atoms with E-state index >= 15 is 0 Å². The summed E-state index contributed by atoms with van der Waals surface area (Å²) in [6.07, 6.45) is 6.67. The lowest BCUT2D eigenvalue weighted by Gasteiger charge is -2.09. The minimum Gasteiger partial charge on any atom is -0.313 e. The number of nitrogens with zero attached hydrogens (tertiary/aromatic N) is 2. The monoisotopic (exact) mass is 285 g/mol. The molecule has 0 aliphatic heterocycles. The van der Waals surface area contributed by atoms with Crippen LogP contribution in [0.4, 0.5) is 0 Å². The van der Waals surface area contributed by atoms with E-state index in [4.69, 9.17) is 0 Å². The summed E-state index contributed by atoms with van der Waals surface area (Å²) in [6.45, 7) is 4.44. The van der Waals surface area contributed by atoms with Gasteiger partial charge in [-0.25, -0.2) is 8.42 Å². The second-order valence-electron chi connectivity index (χ2n) is 5.36. The number of rotatable bonds is 8. The van der Waals surface area contributed by atoms with Crippen LogP contribution >= 0.6 is 0 Å². The van der Waals surface area contributed by atoms with Crippen molar-refractivity contribution in [3.8, 4) is 0 Å². The standard InChI is InChI=1S/C13H23N3O2S/c1-3-6-14-9-12-10-15-16(7-8-19(2,17)18)13(12)11-4-5-11/h10-11,14H,3-9H2,1-2H3. The zero-order chi connectivity index (χ0) is 13.9. The Morgan fingerprint density at radius 3 is 2.79 bits per heavy atom. The largest absolute Gasteiger partial charge is 0.313 e. The molecule has 1 aliphatic rings. The van der Waals surface area contributed by atoms with Gasteiger partial charge in [-0.3, -0.25) is 4.68 Å². The number of hydrogen-bond acceptors (Lipinski definition) is 4. The van der Waals surface area contributed by atoms with E-state index in [9.17, 15) is 8.42 Å². The molecular weight excluding hydrogens is 262 g/mol. The second kappa shape index (κ2) is 6.05. The predicted octanol–water partition coefficient (Wildman–Crippen LogP) is 1.30. The van der Waals surface area contributed by atoms with E-state index in [1.54, 1.807) is 0 Å². The van der Waals surface area contributed by atoms with Gasteiger partial charge in [0.15, 0.2) is 0 Å². The van der Waals surface area contributed by atoms with Crippen molar-refractivity contribution in [2.45, 2.75) is 45.2 Å². The van der Waals surface area contributed by atoms with E-state index in [2.05, 4.69) is 17.3 Å². The maximum absolute atomic E-state index is 11.3. The molecule has 19 heavy (non-hydrogen) atoms. The molecule has 0 bridgehead atoms. The fraction of sp³-hybridized carbons (Fsp3) is 0.769. The van der Waals surface area contributed by atoms with Crippen molar-refractivity contribution in [1.29, 1.82) is 0 Å². The molecule has 6 heteroatoms. The van der Waals surface area contributed by atoms with Crippen LogP contribution in [0.2, 0.25) is 0 Å². The maximum Gasteiger partial charge on any atom is 0.149 e. The van der Waals surface area contributed by atoms with Crippen LogP contribution in [-0.2, 0) is 22.9 Å². The Morgan fingerprint density at radius 1 is 1.47 bits per heavy atom. The molecule has 0 radical (unpaired) electrons. The number of sulfone groups is 1. The molecule has 108 valence electrons. The molecule has 5 nitrogen and oxygen atoms in total. The van der Waals surface area contributed by atoms with Crippen molar-refractivity contribution >= 4 is 9.84 Å². The Labute approximate surface area is 115 Å². The van der Waals surface area contributed by atoms with Crippen LogP contribution in [0.1, 0.15) is 43.4 Å². The molecule has 0 spiro atoms. The minimum atomic E-state index is -2.93. The highest BCUT2D eigenvalue weighted by molar-refractivity contribution is 7.90. The van der Waals surface area contributed by atoms with Crippen LogP contribution in [-0.4, -0.2) is 36.8 Å². The lowest BCUT2D eigenvalue weighted by molar-refractivity contribution is 0.576. The molecule has 0 atom stereocenters. The van der Waals surface area contributed by atoms with E-state index in [0.717, 1.165) is 19.5 Å². The summed E-state index contributed by atoms with van der Waals surface area (Å²) in [7, 11) is -2.93. The van der Waals surface area contributed by atoms with Gasteiger partial charge in [-0.2, -0.15) is 5.10 Å². The van der Waals surface area contributed by atoms with Crippen molar-refractivity contribution in [2.24, 2.45) is 0 Å². The molecule has 1 aromatic rings. The second-order valence-corrected chi connectivity index (χ2v) is 7.62. The Bertz CT molecular complexity index is 518. The first kappa shape index (κ1) is 14.5. The molecule has 1 saturated carbocycles. The molecule has 0 saturated heterocycles. The van der Waals surface area contributed by atoms with Crippen molar-refractivity contribution in [3.05, 3.63) is 17.5 Å². The van der Waals surface area contributed by atoms with Gasteiger partial charge < -0.3 is 5.32 Å². The average molecular weight is 285 g/mol. The first-order valence-electron chi connectivity index (χ1n) is 6.94. The summed E-state index contributed by atoms with van der Waals surface area (Å²) in [5.74, 6) is 0.747. The molecule has 1 fully saturated rings. The molecule has 0 amide bonds. The van der Waals surface area contributed by atoms with E-state index in [-0.39, 0.29) is 5.75 Å². The third-order valence-electron chi connectivity index (χ3n) is 3.34. The quantitative estimate of drug-likeness (QED) is 0.731. The van der Waals surface area contributed by atoms with Gasteiger partial charge in [0.2, 0.25) is 0 Å². The Balaban J connectivity index is 2.06. The van der Waals surface area contributed by atoms with Gasteiger partial charge in [0.25, 0.3) is 0 Å². The smallest absolute Gasteiger partial charge is 0.149 e. The Morgan fingerprint density at radius 2 is 2.21 bits per heavy atom. The van der Waals surface area contributed by atoms with Gasteiger partial charge in [0.1, 0.15) is 9.84 Å². The van der Waals surface area contributed by atoms with E-state index < -0.39 is 9.84 Å². The van der Waals surface area contributed by atoms with Crippen molar-refractivity contribution < 1.29 is 8.42 Å². The van der Waals surface area contributed by atoms with Gasteiger partial charge in [0.05, 0.1) is 18.5 Å². The van der Waals surface area contributed by atoms with Gasteiger partial charge in [-0.15, -0.1) is 0 Å². The van der Waals surface area contributed by atoms with Crippen LogP contribution in [0.3, 0.4) is 0 Å². The minimum absolute atomic E-state index is 0.163. The fourth-order valence-corrected chi connectivity index (χ4v) is 2.73. The van der Waals surface area contributed by atoms with Gasteiger partial charge in [0, 0.05) is 30.0 Å². The van der Waals surface area contributed by atoms with Crippen molar-refractivity contribution in [2.75, 3.05) is 18.6 Å². The number of aromatic nitrogens is 2. The van der Waals surface area contributed by atoms with Crippen molar-refractivity contribution in [3.63, 3.8) is 0 Å². The first-order valence-corrected chi connectivity index (χ1v) is 9.00. The topological polar surface area (TPSA) is 64.0 Å². The summed E-state index contributed by atoms with van der Waals surface area (Å²) < 4.78 is 24.4. The number of nitrogens with one attached hydrogen (secondary N) is 1. The molecule has 1 aromatic heterocycles. The molecular formula is C13H23N3O2S. The maximum atomic E-state index is 11.3. The van der Waals surface area contributed by atoms with Crippen LogP contribution < -0.4 is 5.32 Å². The lowest BCUT2D eigenvalue weighted by Crippen LogP contribution is -2.17. The van der Waals surface area contributed by atoms with Crippen LogP contribution in [0.15, 0.2) is 6.20 Å². The molecule has 2 rings (SSSR count). The first-order chi connectivity index (χ1) is 9.01. The summed E-state index contributed by atoms with van der Waals surface area (Å²) in [5, 5.41) is 7.76. The lowest BCUT2D eigenvalue weighted by atomic mass is 10.1. The molecule has 0 aromatic carbocycles. The predicted molar refractivity (Wildman–Crippen MR) is 75.9 cm³/mol. The van der Waals surface area contributed by atoms with Crippen LogP contribution in [0.25, 0.3) is 0 Å². The summed E-state index contributed by atoms with van der Waals surface area (Å²) in [4.78, 5) is 0. The highest BCUT2D eigenvalue weighted by atomic mass is 32.2. The molecule has 1 aliphatic carbocycles. The van der Waals surface area contributed by atoms with Gasteiger partial charge in [-0.05, 0) is 25.8 Å². The number of hydrogen-bond donors (Lipinski definition) is 1. The zero-order valence-electron chi connectivity index (χ0n) is 11.7. The van der Waals surface area contributed by atoms with E-state index in [0.29, 0.717) is 12.5 Å². The third-order valence-corrected chi connectivity index (χ3v) is 4.26.